The zero-order valence-corrected chi connectivity index (χ0v) is 12.2. The molecule has 0 spiro atoms. The summed E-state index contributed by atoms with van der Waals surface area (Å²) in [6.07, 6.45) is 3.04. The van der Waals surface area contributed by atoms with Crippen molar-refractivity contribution in [2.45, 2.75) is 44.8 Å². The Labute approximate surface area is 121 Å². The van der Waals surface area contributed by atoms with Crippen LogP contribution in [0.4, 0.5) is 0 Å². The van der Waals surface area contributed by atoms with E-state index in [0.29, 0.717) is 6.04 Å². The molecule has 4 nitrogen and oxygen atoms in total. The standard InChI is InChI=1S/C16H25N3O/c1-2-15(16(17)20)18-14-9-6-10-19(12-14)11-13-7-4-3-5-8-13/h3-5,7-8,14-15,18H,2,6,9-12H2,1H3,(H2,17,20). The summed E-state index contributed by atoms with van der Waals surface area (Å²) >= 11 is 0. The molecular formula is C16H25N3O. The summed E-state index contributed by atoms with van der Waals surface area (Å²) in [6.45, 7) is 5.08. The van der Waals surface area contributed by atoms with E-state index in [-0.39, 0.29) is 11.9 Å². The number of rotatable bonds is 6. The third kappa shape index (κ3) is 4.32. The first-order valence-electron chi connectivity index (χ1n) is 7.50. The highest BCUT2D eigenvalue weighted by Gasteiger charge is 2.23. The van der Waals surface area contributed by atoms with Crippen molar-refractivity contribution in [1.82, 2.24) is 10.2 Å². The molecule has 1 saturated heterocycles. The fraction of sp³-hybridized carbons (Fsp3) is 0.562. The van der Waals surface area contributed by atoms with Gasteiger partial charge in [0.05, 0.1) is 6.04 Å². The number of carbonyl (C=O) groups excluding carboxylic acids is 1. The minimum Gasteiger partial charge on any atom is -0.368 e. The van der Waals surface area contributed by atoms with Crippen LogP contribution in [0, 0.1) is 0 Å². The van der Waals surface area contributed by atoms with Crippen molar-refractivity contribution < 1.29 is 4.79 Å². The molecular weight excluding hydrogens is 250 g/mol. The van der Waals surface area contributed by atoms with Crippen LogP contribution in [0.2, 0.25) is 0 Å². The van der Waals surface area contributed by atoms with Crippen LogP contribution in [-0.4, -0.2) is 36.0 Å². The molecule has 1 aromatic carbocycles. The van der Waals surface area contributed by atoms with Crippen molar-refractivity contribution in [1.29, 1.82) is 0 Å². The summed E-state index contributed by atoms with van der Waals surface area (Å²) in [6, 6.07) is 10.7. The maximum absolute atomic E-state index is 11.3. The van der Waals surface area contributed by atoms with Gasteiger partial charge in [0, 0.05) is 19.1 Å². The van der Waals surface area contributed by atoms with E-state index >= 15 is 0 Å². The normalized spacial score (nSPS) is 21.6. The van der Waals surface area contributed by atoms with E-state index in [2.05, 4.69) is 34.5 Å². The molecule has 110 valence electrons. The number of carbonyl (C=O) groups is 1. The van der Waals surface area contributed by atoms with E-state index in [4.69, 9.17) is 5.73 Å². The van der Waals surface area contributed by atoms with Gasteiger partial charge in [0.15, 0.2) is 0 Å². The largest absolute Gasteiger partial charge is 0.368 e. The molecule has 2 unspecified atom stereocenters. The van der Waals surface area contributed by atoms with E-state index in [9.17, 15) is 4.79 Å². The van der Waals surface area contributed by atoms with Gasteiger partial charge in [-0.3, -0.25) is 9.69 Å². The van der Waals surface area contributed by atoms with E-state index in [1.54, 1.807) is 0 Å². The lowest BCUT2D eigenvalue weighted by molar-refractivity contribution is -0.120. The number of benzene rings is 1. The van der Waals surface area contributed by atoms with Crippen molar-refractivity contribution in [2.24, 2.45) is 5.73 Å². The van der Waals surface area contributed by atoms with Gasteiger partial charge in [0.25, 0.3) is 0 Å². The number of amides is 1. The molecule has 0 aromatic heterocycles. The number of piperidine rings is 1. The quantitative estimate of drug-likeness (QED) is 0.827. The van der Waals surface area contributed by atoms with Gasteiger partial charge in [-0.05, 0) is 31.4 Å². The number of hydrogen-bond acceptors (Lipinski definition) is 3. The minimum atomic E-state index is -0.243. The molecule has 1 aromatic rings. The number of likely N-dealkylation sites (tertiary alicyclic amines) is 1. The van der Waals surface area contributed by atoms with Gasteiger partial charge >= 0.3 is 0 Å². The van der Waals surface area contributed by atoms with Crippen LogP contribution in [0.1, 0.15) is 31.7 Å². The lowest BCUT2D eigenvalue weighted by Crippen LogP contribution is -2.52. The molecule has 4 heteroatoms. The van der Waals surface area contributed by atoms with Gasteiger partial charge in [0.2, 0.25) is 5.91 Å². The molecule has 1 aliphatic rings. The zero-order chi connectivity index (χ0) is 14.4. The molecule has 2 rings (SSSR count). The Morgan fingerprint density at radius 1 is 1.45 bits per heavy atom. The second-order valence-corrected chi connectivity index (χ2v) is 5.59. The summed E-state index contributed by atoms with van der Waals surface area (Å²) in [5, 5.41) is 3.40. The van der Waals surface area contributed by atoms with Gasteiger partial charge < -0.3 is 11.1 Å². The molecule has 3 N–H and O–H groups in total. The average Bonchev–Trinajstić information content (AvgIpc) is 2.46. The summed E-state index contributed by atoms with van der Waals surface area (Å²) < 4.78 is 0. The summed E-state index contributed by atoms with van der Waals surface area (Å²) in [5.74, 6) is -0.243. The van der Waals surface area contributed by atoms with Crippen molar-refractivity contribution in [3.63, 3.8) is 0 Å². The van der Waals surface area contributed by atoms with Gasteiger partial charge in [-0.2, -0.15) is 0 Å². The van der Waals surface area contributed by atoms with Gasteiger partial charge in [0.1, 0.15) is 0 Å². The average molecular weight is 275 g/mol. The van der Waals surface area contributed by atoms with Crippen LogP contribution >= 0.6 is 0 Å². The highest BCUT2D eigenvalue weighted by atomic mass is 16.1. The maximum Gasteiger partial charge on any atom is 0.234 e. The van der Waals surface area contributed by atoms with Crippen LogP contribution in [0.3, 0.4) is 0 Å². The molecule has 0 saturated carbocycles. The fourth-order valence-electron chi connectivity index (χ4n) is 2.86. The van der Waals surface area contributed by atoms with Crippen molar-refractivity contribution in [3.8, 4) is 0 Å². The Morgan fingerprint density at radius 3 is 2.85 bits per heavy atom. The first-order valence-corrected chi connectivity index (χ1v) is 7.50. The van der Waals surface area contributed by atoms with Crippen molar-refractivity contribution >= 4 is 5.91 Å². The number of nitrogens with zero attached hydrogens (tertiary/aromatic N) is 1. The number of hydrogen-bond donors (Lipinski definition) is 2. The van der Waals surface area contributed by atoms with E-state index < -0.39 is 0 Å². The third-order valence-electron chi connectivity index (χ3n) is 3.94. The second-order valence-electron chi connectivity index (χ2n) is 5.59. The van der Waals surface area contributed by atoms with Crippen LogP contribution in [0.5, 0.6) is 0 Å². The van der Waals surface area contributed by atoms with Crippen LogP contribution in [-0.2, 0) is 11.3 Å². The zero-order valence-electron chi connectivity index (χ0n) is 12.2. The number of nitrogens with one attached hydrogen (secondary N) is 1. The first kappa shape index (κ1) is 15.0. The maximum atomic E-state index is 11.3. The summed E-state index contributed by atoms with van der Waals surface area (Å²) in [5.41, 5.74) is 6.75. The Hall–Kier alpha value is -1.39. The molecule has 2 atom stereocenters. The minimum absolute atomic E-state index is 0.198. The predicted octanol–water partition coefficient (Wildman–Crippen LogP) is 1.50. The molecule has 1 heterocycles. The van der Waals surface area contributed by atoms with Crippen LogP contribution in [0.15, 0.2) is 30.3 Å². The predicted molar refractivity (Wildman–Crippen MR) is 81.2 cm³/mol. The lowest BCUT2D eigenvalue weighted by atomic mass is 10.0. The molecule has 0 radical (unpaired) electrons. The van der Waals surface area contributed by atoms with E-state index in [1.165, 1.54) is 12.0 Å². The lowest BCUT2D eigenvalue weighted by Gasteiger charge is -2.34. The summed E-state index contributed by atoms with van der Waals surface area (Å²) in [7, 11) is 0. The highest BCUT2D eigenvalue weighted by molar-refractivity contribution is 5.79. The molecule has 1 fully saturated rings. The summed E-state index contributed by atoms with van der Waals surface area (Å²) in [4.78, 5) is 13.8. The molecule has 0 aliphatic carbocycles. The van der Waals surface area contributed by atoms with Crippen LogP contribution in [0.25, 0.3) is 0 Å². The highest BCUT2D eigenvalue weighted by Crippen LogP contribution is 2.14. The van der Waals surface area contributed by atoms with Gasteiger partial charge in [-0.1, -0.05) is 37.3 Å². The topological polar surface area (TPSA) is 58.4 Å². The monoisotopic (exact) mass is 275 g/mol. The number of nitrogens with two attached hydrogens (primary N) is 1. The molecule has 20 heavy (non-hydrogen) atoms. The smallest absolute Gasteiger partial charge is 0.234 e. The Balaban J connectivity index is 1.87. The molecule has 1 amide bonds. The number of primary amides is 1. The van der Waals surface area contributed by atoms with E-state index in [0.717, 1.165) is 32.5 Å². The Kier molecular flexibility index (Phi) is 5.56. The Bertz CT molecular complexity index is 421. The first-order chi connectivity index (χ1) is 9.69. The Morgan fingerprint density at radius 2 is 2.20 bits per heavy atom. The van der Waals surface area contributed by atoms with Crippen molar-refractivity contribution in [2.75, 3.05) is 13.1 Å². The van der Waals surface area contributed by atoms with E-state index in [1.807, 2.05) is 13.0 Å². The van der Waals surface area contributed by atoms with Gasteiger partial charge in [-0.25, -0.2) is 0 Å². The van der Waals surface area contributed by atoms with Gasteiger partial charge in [-0.15, -0.1) is 0 Å². The fourth-order valence-corrected chi connectivity index (χ4v) is 2.86. The molecule has 0 bridgehead atoms. The second kappa shape index (κ2) is 7.41. The third-order valence-corrected chi connectivity index (χ3v) is 3.94. The molecule has 1 aliphatic heterocycles. The van der Waals surface area contributed by atoms with Crippen molar-refractivity contribution in [3.05, 3.63) is 35.9 Å². The van der Waals surface area contributed by atoms with Crippen LogP contribution < -0.4 is 11.1 Å². The SMILES string of the molecule is CCC(NC1CCCN(Cc2ccccc2)C1)C(N)=O.